The summed E-state index contributed by atoms with van der Waals surface area (Å²) >= 11 is 0. The number of aliphatic hydroxyl groups excluding tert-OH is 1. The molecule has 3 N–H and O–H groups in total. The summed E-state index contributed by atoms with van der Waals surface area (Å²) in [6.45, 7) is 0.520. The summed E-state index contributed by atoms with van der Waals surface area (Å²) in [4.78, 5) is 15.6. The number of hydrogen-bond acceptors (Lipinski definition) is 4. The molecule has 128 valence electrons. The van der Waals surface area contributed by atoms with Crippen molar-refractivity contribution in [3.63, 3.8) is 0 Å². The molecule has 0 aliphatic heterocycles. The number of nitrogens with two attached hydrogens (primary N) is 1. The Morgan fingerprint density at radius 1 is 1.25 bits per heavy atom. The fourth-order valence-corrected chi connectivity index (χ4v) is 3.39. The predicted molar refractivity (Wildman–Crippen MR) is 90.0 cm³/mol. The minimum absolute atomic E-state index is 0.00776. The van der Waals surface area contributed by atoms with Crippen molar-refractivity contribution in [1.82, 2.24) is 14.8 Å². The van der Waals surface area contributed by atoms with E-state index in [0.717, 1.165) is 31.2 Å². The van der Waals surface area contributed by atoms with E-state index in [4.69, 9.17) is 5.73 Å². The van der Waals surface area contributed by atoms with Crippen LogP contribution in [0.1, 0.15) is 55.4 Å². The zero-order valence-corrected chi connectivity index (χ0v) is 13.8. The van der Waals surface area contributed by atoms with Crippen LogP contribution in [-0.2, 0) is 17.8 Å². The second-order valence-electron chi connectivity index (χ2n) is 6.52. The molecule has 0 spiro atoms. The van der Waals surface area contributed by atoms with E-state index in [2.05, 4.69) is 10.1 Å². The maximum absolute atomic E-state index is 11.2. The van der Waals surface area contributed by atoms with Crippen molar-refractivity contribution in [3.8, 4) is 0 Å². The third kappa shape index (κ3) is 4.00. The third-order valence-electron chi connectivity index (χ3n) is 4.61. The van der Waals surface area contributed by atoms with Gasteiger partial charge in [-0.25, -0.2) is 9.67 Å². The molecular formula is C18H24N4O2. The van der Waals surface area contributed by atoms with E-state index in [1.807, 2.05) is 30.3 Å². The Morgan fingerprint density at radius 3 is 2.62 bits per heavy atom. The van der Waals surface area contributed by atoms with Gasteiger partial charge in [-0.2, -0.15) is 5.10 Å². The first kappa shape index (κ1) is 16.6. The van der Waals surface area contributed by atoms with Crippen LogP contribution in [0, 0.1) is 5.92 Å². The lowest BCUT2D eigenvalue weighted by molar-refractivity contribution is -0.117. The van der Waals surface area contributed by atoms with E-state index in [9.17, 15) is 9.90 Å². The average molecular weight is 328 g/mol. The van der Waals surface area contributed by atoms with Gasteiger partial charge in [0.1, 0.15) is 6.10 Å². The fourth-order valence-electron chi connectivity index (χ4n) is 3.39. The van der Waals surface area contributed by atoms with Crippen LogP contribution in [0.4, 0.5) is 0 Å². The molecule has 1 heterocycles. The van der Waals surface area contributed by atoms with E-state index >= 15 is 0 Å². The van der Waals surface area contributed by atoms with Gasteiger partial charge in [-0.1, -0.05) is 49.6 Å². The van der Waals surface area contributed by atoms with Crippen LogP contribution in [0.5, 0.6) is 0 Å². The van der Waals surface area contributed by atoms with Crippen LogP contribution in [-0.4, -0.2) is 25.8 Å². The highest BCUT2D eigenvalue weighted by atomic mass is 16.3. The average Bonchev–Trinajstić information content (AvgIpc) is 2.97. The van der Waals surface area contributed by atoms with E-state index in [1.54, 1.807) is 4.68 Å². The lowest BCUT2D eigenvalue weighted by Gasteiger charge is -2.26. The Balaban J connectivity index is 1.86. The number of benzene rings is 1. The Labute approximate surface area is 141 Å². The molecule has 1 saturated carbocycles. The number of amides is 1. The summed E-state index contributed by atoms with van der Waals surface area (Å²) in [7, 11) is 0. The van der Waals surface area contributed by atoms with Crippen molar-refractivity contribution >= 4 is 5.91 Å². The van der Waals surface area contributed by atoms with Crippen LogP contribution in [0.15, 0.2) is 30.3 Å². The van der Waals surface area contributed by atoms with Crippen LogP contribution < -0.4 is 5.73 Å². The van der Waals surface area contributed by atoms with E-state index in [0.29, 0.717) is 18.2 Å². The summed E-state index contributed by atoms with van der Waals surface area (Å²) in [5, 5.41) is 15.2. The fraction of sp³-hybridized carbons (Fsp3) is 0.500. The van der Waals surface area contributed by atoms with Crippen LogP contribution in [0.3, 0.4) is 0 Å². The standard InChI is InChI=1S/C18H24N4O2/c19-15(23)11-16-20-18(17(24)14-9-5-2-6-10-14)22(21-16)12-13-7-3-1-4-8-13/h1,3-4,7-8,14,17,24H,2,5-6,9-12H2,(H2,19,23)/t17-/m1/s1. The SMILES string of the molecule is NC(=O)Cc1nc([C@H](O)C2CCCCC2)n(Cc2ccccc2)n1. The molecule has 0 bridgehead atoms. The number of nitrogens with zero attached hydrogens (tertiary/aromatic N) is 3. The first-order chi connectivity index (χ1) is 11.6. The van der Waals surface area contributed by atoms with E-state index < -0.39 is 12.0 Å². The maximum atomic E-state index is 11.2. The molecule has 3 rings (SSSR count). The normalized spacial score (nSPS) is 16.9. The van der Waals surface area contributed by atoms with Gasteiger partial charge >= 0.3 is 0 Å². The molecule has 1 aromatic carbocycles. The highest BCUT2D eigenvalue weighted by Gasteiger charge is 2.28. The maximum Gasteiger partial charge on any atom is 0.225 e. The molecule has 1 fully saturated rings. The number of carbonyl (C=O) groups is 1. The largest absolute Gasteiger partial charge is 0.385 e. The number of aromatic nitrogens is 3. The molecule has 1 aliphatic rings. The molecule has 1 aliphatic carbocycles. The summed E-state index contributed by atoms with van der Waals surface area (Å²) < 4.78 is 1.72. The Morgan fingerprint density at radius 2 is 1.96 bits per heavy atom. The number of rotatable bonds is 6. The zero-order valence-electron chi connectivity index (χ0n) is 13.8. The summed E-state index contributed by atoms with van der Waals surface area (Å²) in [5.74, 6) is 0.662. The smallest absolute Gasteiger partial charge is 0.225 e. The van der Waals surface area contributed by atoms with Gasteiger partial charge in [-0.3, -0.25) is 4.79 Å². The Hall–Kier alpha value is -2.21. The molecule has 0 saturated heterocycles. The molecule has 1 atom stereocenters. The van der Waals surface area contributed by atoms with Crippen molar-refractivity contribution in [2.24, 2.45) is 11.7 Å². The second kappa shape index (κ2) is 7.57. The number of aliphatic hydroxyl groups is 1. The predicted octanol–water partition coefficient (Wildman–Crippen LogP) is 1.97. The molecule has 0 unspecified atom stereocenters. The van der Waals surface area contributed by atoms with Gasteiger partial charge in [0, 0.05) is 0 Å². The summed E-state index contributed by atoms with van der Waals surface area (Å²) in [6.07, 6.45) is 4.86. The van der Waals surface area contributed by atoms with Crippen molar-refractivity contribution in [2.45, 2.75) is 51.2 Å². The van der Waals surface area contributed by atoms with Gasteiger partial charge in [-0.15, -0.1) is 0 Å². The van der Waals surface area contributed by atoms with Gasteiger partial charge in [0.15, 0.2) is 11.6 Å². The molecule has 1 aromatic heterocycles. The summed E-state index contributed by atoms with van der Waals surface area (Å²) in [5.41, 5.74) is 6.34. The van der Waals surface area contributed by atoms with Gasteiger partial charge in [0.2, 0.25) is 5.91 Å². The lowest BCUT2D eigenvalue weighted by atomic mass is 9.85. The Bertz CT molecular complexity index is 678. The lowest BCUT2D eigenvalue weighted by Crippen LogP contribution is -2.20. The first-order valence-electron chi connectivity index (χ1n) is 8.57. The second-order valence-corrected chi connectivity index (χ2v) is 6.52. The topological polar surface area (TPSA) is 94.0 Å². The van der Waals surface area contributed by atoms with Crippen molar-refractivity contribution in [3.05, 3.63) is 47.5 Å². The van der Waals surface area contributed by atoms with Gasteiger partial charge in [-0.05, 0) is 24.3 Å². The minimum atomic E-state index is -0.650. The molecule has 2 aromatic rings. The minimum Gasteiger partial charge on any atom is -0.385 e. The summed E-state index contributed by atoms with van der Waals surface area (Å²) in [6, 6.07) is 9.90. The van der Waals surface area contributed by atoms with Crippen LogP contribution in [0.2, 0.25) is 0 Å². The molecule has 6 nitrogen and oxygen atoms in total. The molecule has 0 radical (unpaired) electrons. The van der Waals surface area contributed by atoms with Crippen molar-refractivity contribution in [2.75, 3.05) is 0 Å². The van der Waals surface area contributed by atoms with E-state index in [1.165, 1.54) is 6.42 Å². The van der Waals surface area contributed by atoms with Crippen LogP contribution >= 0.6 is 0 Å². The van der Waals surface area contributed by atoms with Crippen LogP contribution in [0.25, 0.3) is 0 Å². The van der Waals surface area contributed by atoms with Gasteiger partial charge < -0.3 is 10.8 Å². The third-order valence-corrected chi connectivity index (χ3v) is 4.61. The highest BCUT2D eigenvalue weighted by Crippen LogP contribution is 2.33. The molecular weight excluding hydrogens is 304 g/mol. The zero-order chi connectivity index (χ0) is 16.9. The molecule has 24 heavy (non-hydrogen) atoms. The van der Waals surface area contributed by atoms with Gasteiger partial charge in [0.05, 0.1) is 13.0 Å². The van der Waals surface area contributed by atoms with Crippen molar-refractivity contribution in [1.29, 1.82) is 0 Å². The van der Waals surface area contributed by atoms with Gasteiger partial charge in [0.25, 0.3) is 0 Å². The first-order valence-corrected chi connectivity index (χ1v) is 8.57. The molecule has 1 amide bonds. The monoisotopic (exact) mass is 328 g/mol. The number of primary amides is 1. The molecule has 6 heteroatoms. The number of carbonyl (C=O) groups excluding carboxylic acids is 1. The quantitative estimate of drug-likeness (QED) is 0.847. The highest BCUT2D eigenvalue weighted by molar-refractivity contribution is 5.75. The van der Waals surface area contributed by atoms with E-state index in [-0.39, 0.29) is 12.3 Å². The number of hydrogen-bond donors (Lipinski definition) is 2. The Kier molecular flexibility index (Phi) is 5.25. The van der Waals surface area contributed by atoms with Crippen molar-refractivity contribution < 1.29 is 9.90 Å².